The SMILES string of the molecule is CSc1ncccc1C(=O)NCc1ccccc1. The molecule has 0 unspecified atom stereocenters. The molecule has 0 spiro atoms. The first-order chi connectivity index (χ1) is 8.81. The summed E-state index contributed by atoms with van der Waals surface area (Å²) in [7, 11) is 0. The van der Waals surface area contributed by atoms with E-state index >= 15 is 0 Å². The minimum atomic E-state index is -0.0868. The summed E-state index contributed by atoms with van der Waals surface area (Å²) < 4.78 is 0. The monoisotopic (exact) mass is 258 g/mol. The number of nitrogens with one attached hydrogen (secondary N) is 1. The molecule has 0 radical (unpaired) electrons. The standard InChI is InChI=1S/C14H14N2OS/c1-18-14-12(8-5-9-15-14)13(17)16-10-11-6-3-2-4-7-11/h2-9H,10H2,1H3,(H,16,17). The second-order valence-corrected chi connectivity index (χ2v) is 4.52. The minimum Gasteiger partial charge on any atom is -0.348 e. The average Bonchev–Trinajstić information content (AvgIpc) is 2.45. The number of thioether (sulfide) groups is 1. The Balaban J connectivity index is 2.04. The summed E-state index contributed by atoms with van der Waals surface area (Å²) in [5.74, 6) is -0.0868. The molecular weight excluding hydrogens is 244 g/mol. The van der Waals surface area contributed by atoms with Gasteiger partial charge in [0.2, 0.25) is 0 Å². The van der Waals surface area contributed by atoms with Crippen molar-refractivity contribution in [2.75, 3.05) is 6.26 Å². The number of benzene rings is 1. The summed E-state index contributed by atoms with van der Waals surface area (Å²) >= 11 is 1.47. The summed E-state index contributed by atoms with van der Waals surface area (Å²) in [6, 6.07) is 13.4. The molecule has 0 bridgehead atoms. The Morgan fingerprint density at radius 1 is 1.22 bits per heavy atom. The van der Waals surface area contributed by atoms with Crippen molar-refractivity contribution in [3.05, 3.63) is 59.8 Å². The van der Waals surface area contributed by atoms with E-state index in [0.29, 0.717) is 12.1 Å². The summed E-state index contributed by atoms with van der Waals surface area (Å²) in [6.45, 7) is 0.530. The molecule has 0 aliphatic carbocycles. The van der Waals surface area contributed by atoms with Crippen molar-refractivity contribution in [2.45, 2.75) is 11.6 Å². The predicted molar refractivity (Wildman–Crippen MR) is 73.6 cm³/mol. The Kier molecular flexibility index (Phi) is 4.36. The highest BCUT2D eigenvalue weighted by Crippen LogP contribution is 2.16. The van der Waals surface area contributed by atoms with E-state index in [2.05, 4.69) is 10.3 Å². The van der Waals surface area contributed by atoms with Crippen LogP contribution in [0.2, 0.25) is 0 Å². The van der Waals surface area contributed by atoms with Crippen LogP contribution in [0, 0.1) is 0 Å². The number of carbonyl (C=O) groups is 1. The Bertz CT molecular complexity index is 528. The van der Waals surface area contributed by atoms with Crippen LogP contribution in [0.4, 0.5) is 0 Å². The third-order valence-corrected chi connectivity index (χ3v) is 3.22. The third kappa shape index (κ3) is 3.11. The highest BCUT2D eigenvalue weighted by Gasteiger charge is 2.10. The van der Waals surface area contributed by atoms with Crippen LogP contribution >= 0.6 is 11.8 Å². The molecule has 0 aliphatic rings. The van der Waals surface area contributed by atoms with E-state index < -0.39 is 0 Å². The molecule has 1 aromatic heterocycles. The topological polar surface area (TPSA) is 42.0 Å². The number of aromatic nitrogens is 1. The van der Waals surface area contributed by atoms with Gasteiger partial charge < -0.3 is 5.32 Å². The lowest BCUT2D eigenvalue weighted by Crippen LogP contribution is -2.23. The Morgan fingerprint density at radius 2 is 2.00 bits per heavy atom. The first-order valence-corrected chi connectivity index (χ1v) is 6.85. The second-order valence-electron chi connectivity index (χ2n) is 3.73. The molecule has 1 N–H and O–H groups in total. The average molecular weight is 258 g/mol. The zero-order chi connectivity index (χ0) is 12.8. The molecule has 1 aromatic carbocycles. The lowest BCUT2D eigenvalue weighted by Gasteiger charge is -2.07. The predicted octanol–water partition coefficient (Wildman–Crippen LogP) is 2.73. The van der Waals surface area contributed by atoms with Gasteiger partial charge in [-0.2, -0.15) is 0 Å². The van der Waals surface area contributed by atoms with E-state index in [-0.39, 0.29) is 5.91 Å². The van der Waals surface area contributed by atoms with Gasteiger partial charge in [0.05, 0.1) is 5.56 Å². The van der Waals surface area contributed by atoms with Crippen LogP contribution in [0.5, 0.6) is 0 Å². The van der Waals surface area contributed by atoms with Crippen LogP contribution in [0.25, 0.3) is 0 Å². The lowest BCUT2D eigenvalue weighted by molar-refractivity contribution is 0.0947. The molecule has 18 heavy (non-hydrogen) atoms. The van der Waals surface area contributed by atoms with E-state index in [1.165, 1.54) is 11.8 Å². The molecule has 0 fully saturated rings. The fourth-order valence-electron chi connectivity index (χ4n) is 1.60. The van der Waals surface area contributed by atoms with Crippen molar-refractivity contribution in [1.29, 1.82) is 0 Å². The van der Waals surface area contributed by atoms with Crippen molar-refractivity contribution in [3.63, 3.8) is 0 Å². The number of pyridine rings is 1. The highest BCUT2D eigenvalue weighted by atomic mass is 32.2. The molecule has 2 rings (SSSR count). The number of carbonyl (C=O) groups excluding carboxylic acids is 1. The van der Waals surface area contributed by atoms with Gasteiger partial charge in [-0.05, 0) is 24.0 Å². The lowest BCUT2D eigenvalue weighted by atomic mass is 10.2. The van der Waals surface area contributed by atoms with E-state index in [9.17, 15) is 4.79 Å². The molecule has 1 heterocycles. The first-order valence-electron chi connectivity index (χ1n) is 5.62. The summed E-state index contributed by atoms with van der Waals surface area (Å²) in [6.07, 6.45) is 3.61. The molecule has 0 saturated heterocycles. The maximum absolute atomic E-state index is 12.0. The fourth-order valence-corrected chi connectivity index (χ4v) is 2.15. The van der Waals surface area contributed by atoms with E-state index in [1.807, 2.05) is 36.6 Å². The Labute approximate surface area is 111 Å². The minimum absolute atomic E-state index is 0.0868. The fraction of sp³-hybridized carbons (Fsp3) is 0.143. The maximum Gasteiger partial charge on any atom is 0.254 e. The van der Waals surface area contributed by atoms with Gasteiger partial charge in [0, 0.05) is 12.7 Å². The molecule has 1 amide bonds. The van der Waals surface area contributed by atoms with Gasteiger partial charge in [-0.15, -0.1) is 11.8 Å². The third-order valence-electron chi connectivity index (χ3n) is 2.51. The summed E-state index contributed by atoms with van der Waals surface area (Å²) in [5.41, 5.74) is 1.71. The quantitative estimate of drug-likeness (QED) is 0.857. The Morgan fingerprint density at radius 3 is 2.72 bits per heavy atom. The largest absolute Gasteiger partial charge is 0.348 e. The van der Waals surface area contributed by atoms with Gasteiger partial charge >= 0.3 is 0 Å². The van der Waals surface area contributed by atoms with Crippen molar-refractivity contribution in [2.24, 2.45) is 0 Å². The molecule has 4 heteroatoms. The van der Waals surface area contributed by atoms with Crippen LogP contribution in [0.3, 0.4) is 0 Å². The van der Waals surface area contributed by atoms with Crippen LogP contribution in [0.1, 0.15) is 15.9 Å². The van der Waals surface area contributed by atoms with Gasteiger partial charge in [0.1, 0.15) is 5.03 Å². The highest BCUT2D eigenvalue weighted by molar-refractivity contribution is 7.98. The van der Waals surface area contributed by atoms with Gasteiger partial charge in [-0.1, -0.05) is 30.3 Å². The van der Waals surface area contributed by atoms with Gasteiger partial charge in [-0.3, -0.25) is 4.79 Å². The Hall–Kier alpha value is -1.81. The van der Waals surface area contributed by atoms with Crippen molar-refractivity contribution in [3.8, 4) is 0 Å². The summed E-state index contributed by atoms with van der Waals surface area (Å²) in [5, 5.41) is 3.65. The van der Waals surface area contributed by atoms with Crippen LogP contribution in [-0.4, -0.2) is 17.1 Å². The number of amides is 1. The molecule has 0 aliphatic heterocycles. The normalized spacial score (nSPS) is 10.1. The van der Waals surface area contributed by atoms with Gasteiger partial charge in [-0.25, -0.2) is 4.98 Å². The zero-order valence-corrected chi connectivity index (χ0v) is 10.9. The van der Waals surface area contributed by atoms with Crippen LogP contribution in [-0.2, 0) is 6.54 Å². The van der Waals surface area contributed by atoms with Crippen LogP contribution < -0.4 is 5.32 Å². The van der Waals surface area contributed by atoms with E-state index in [4.69, 9.17) is 0 Å². The van der Waals surface area contributed by atoms with Crippen LogP contribution in [0.15, 0.2) is 53.7 Å². The number of hydrogen-bond acceptors (Lipinski definition) is 3. The number of hydrogen-bond donors (Lipinski definition) is 1. The molecule has 0 saturated carbocycles. The number of rotatable bonds is 4. The molecule has 0 atom stereocenters. The molecule has 92 valence electrons. The van der Waals surface area contributed by atoms with E-state index in [1.54, 1.807) is 18.3 Å². The summed E-state index contributed by atoms with van der Waals surface area (Å²) in [4.78, 5) is 16.2. The molecule has 2 aromatic rings. The van der Waals surface area contributed by atoms with Crippen molar-refractivity contribution in [1.82, 2.24) is 10.3 Å². The van der Waals surface area contributed by atoms with Crippen molar-refractivity contribution < 1.29 is 4.79 Å². The van der Waals surface area contributed by atoms with Gasteiger partial charge in [0.15, 0.2) is 0 Å². The first kappa shape index (κ1) is 12.6. The maximum atomic E-state index is 12.0. The smallest absolute Gasteiger partial charge is 0.254 e. The molecular formula is C14H14N2OS. The number of nitrogens with zero attached hydrogens (tertiary/aromatic N) is 1. The van der Waals surface area contributed by atoms with Crippen molar-refractivity contribution >= 4 is 17.7 Å². The molecule has 3 nitrogen and oxygen atoms in total. The van der Waals surface area contributed by atoms with Gasteiger partial charge in [0.25, 0.3) is 5.91 Å². The van der Waals surface area contributed by atoms with E-state index in [0.717, 1.165) is 10.6 Å². The second kappa shape index (κ2) is 6.21. The zero-order valence-electron chi connectivity index (χ0n) is 10.1.